The van der Waals surface area contributed by atoms with Crippen molar-refractivity contribution in [3.05, 3.63) is 72.2 Å². The number of nitrogen functional groups attached to an aromatic ring is 1. The van der Waals surface area contributed by atoms with Crippen LogP contribution in [0.4, 0.5) is 47.3 Å². The van der Waals surface area contributed by atoms with Gasteiger partial charge in [-0.05, 0) is 87.8 Å². The second kappa shape index (κ2) is 19.8. The molecule has 0 unspecified atom stereocenters. The molecule has 0 atom stereocenters. The minimum atomic E-state index is -0.580. The number of benzene rings is 2. The van der Waals surface area contributed by atoms with E-state index in [9.17, 15) is 23.2 Å². The number of urea groups is 2. The zero-order valence-electron chi connectivity index (χ0n) is 33.1. The number of halogens is 3. The van der Waals surface area contributed by atoms with Crippen LogP contribution >= 0.6 is 15.9 Å². The number of carbonyl (C=O) groups is 3. The highest BCUT2D eigenvalue weighted by Gasteiger charge is 2.21. The second-order valence-corrected chi connectivity index (χ2v) is 15.3. The largest absolute Gasteiger partial charge is 0.366 e. The predicted octanol–water partition coefficient (Wildman–Crippen LogP) is 6.24. The Morgan fingerprint density at radius 1 is 0.683 bits per heavy atom. The molecule has 4 aliphatic rings. The summed E-state index contributed by atoms with van der Waals surface area (Å²) in [6.45, 7) is 7.03. The summed E-state index contributed by atoms with van der Waals surface area (Å²) in [4.78, 5) is 56.2. The molecule has 0 bridgehead atoms. The molecule has 3 aromatic heterocycles. The molecule has 4 saturated heterocycles. The van der Waals surface area contributed by atoms with Crippen molar-refractivity contribution >= 4 is 68.5 Å². The molecule has 2 aromatic carbocycles. The number of anilines is 5. The maximum Gasteiger partial charge on any atom is 0.321 e. The van der Waals surface area contributed by atoms with Crippen molar-refractivity contribution in [1.29, 1.82) is 0 Å². The van der Waals surface area contributed by atoms with Gasteiger partial charge in [0.05, 0.1) is 35.2 Å². The molecule has 20 heteroatoms. The molecule has 4 amide bonds. The average molecular weight is 890 g/mol. The molecule has 4 fully saturated rings. The number of likely N-dealkylation sites (tertiary alicyclic amines) is 2. The molecular formula is C40H47BrF2N14O3. The number of ketones is 1. The van der Waals surface area contributed by atoms with Crippen molar-refractivity contribution in [2.24, 2.45) is 0 Å². The lowest BCUT2D eigenvalue weighted by molar-refractivity contribution is 0.102. The number of alkyl halides is 1. The van der Waals surface area contributed by atoms with Gasteiger partial charge in [0.15, 0.2) is 17.4 Å². The number of hydrogen-bond acceptors (Lipinski definition) is 12. The zero-order chi connectivity index (χ0) is 42.0. The van der Waals surface area contributed by atoms with Crippen LogP contribution in [0.25, 0.3) is 17.0 Å². The fraction of sp³-hybridized carbons (Fsp3) is 0.425. The van der Waals surface area contributed by atoms with Gasteiger partial charge in [0.25, 0.3) is 5.78 Å². The summed E-state index contributed by atoms with van der Waals surface area (Å²) >= 11 is 3.00. The first kappa shape index (κ1) is 42.1. The number of fused-ring (bicyclic) bond motifs is 1. The van der Waals surface area contributed by atoms with Crippen LogP contribution in [0.5, 0.6) is 0 Å². The monoisotopic (exact) mass is 888 g/mol. The number of nitrogens with zero attached hydrogens (tertiary/aromatic N) is 11. The van der Waals surface area contributed by atoms with Crippen LogP contribution in [0.15, 0.2) is 55.0 Å². The normalized spacial score (nSPS) is 16.1. The first-order chi connectivity index (χ1) is 29.1. The molecule has 0 spiro atoms. The van der Waals surface area contributed by atoms with Gasteiger partial charge in [0.2, 0.25) is 5.95 Å². The van der Waals surface area contributed by atoms with Crippen molar-refractivity contribution in [2.45, 2.75) is 51.4 Å². The van der Waals surface area contributed by atoms with Gasteiger partial charge in [0.1, 0.15) is 11.6 Å². The molecule has 4 N–H and O–H groups in total. The molecule has 60 heavy (non-hydrogen) atoms. The van der Waals surface area contributed by atoms with E-state index in [1.165, 1.54) is 37.1 Å². The van der Waals surface area contributed by atoms with Gasteiger partial charge < -0.3 is 36.0 Å². The molecule has 5 aromatic rings. The summed E-state index contributed by atoms with van der Waals surface area (Å²) in [5.41, 5.74) is 7.01. The van der Waals surface area contributed by atoms with Gasteiger partial charge >= 0.3 is 12.1 Å². The molecular weight excluding hydrogens is 842 g/mol. The molecule has 0 aliphatic carbocycles. The number of rotatable bonds is 7. The van der Waals surface area contributed by atoms with E-state index in [-0.39, 0.29) is 34.7 Å². The molecule has 9 rings (SSSR count). The molecule has 0 saturated carbocycles. The van der Waals surface area contributed by atoms with Crippen LogP contribution in [0.1, 0.15) is 61.7 Å². The first-order valence-corrected chi connectivity index (χ1v) is 21.3. The summed E-state index contributed by atoms with van der Waals surface area (Å²) in [5, 5.41) is 17.8. The Bertz CT molecular complexity index is 2270. The maximum absolute atomic E-state index is 14.5. The van der Waals surface area contributed by atoms with Gasteiger partial charge in [-0.2, -0.15) is 0 Å². The van der Waals surface area contributed by atoms with Crippen molar-refractivity contribution < 1.29 is 23.2 Å². The number of imidazole rings is 1. The number of amides is 4. The van der Waals surface area contributed by atoms with Crippen molar-refractivity contribution in [1.82, 2.24) is 44.6 Å². The molecule has 316 valence electrons. The topological polar surface area (TPSA) is 196 Å². The third-order valence-corrected chi connectivity index (χ3v) is 11.0. The number of hydrogen-bond donors (Lipinski definition) is 3. The Kier molecular flexibility index (Phi) is 13.9. The number of nitrogens with one attached hydrogen (secondary N) is 2. The quantitative estimate of drug-likeness (QED) is 0.123. The number of nitrogens with two attached hydrogens (primary N) is 1. The highest BCUT2D eigenvalue weighted by Crippen LogP contribution is 2.27. The van der Waals surface area contributed by atoms with E-state index < -0.39 is 11.6 Å². The lowest BCUT2D eigenvalue weighted by Gasteiger charge is -2.16. The minimum absolute atomic E-state index is 0.0175. The Balaban J connectivity index is 0.000000150. The van der Waals surface area contributed by atoms with E-state index in [0.29, 0.717) is 28.4 Å². The SMILES string of the molecule is Nc1ncc(N2CCCC2)nn1.O=C(CBr)c1cc(NC(=O)N2CCCC2)ccc1F.O=C(Nc1ccc(F)c(-c2cn3nc(N4CCCC4)cnc3n2)c1)N1CCCC1. The number of Topliss-reactive ketones (excluding diaryl/α,β-unsaturated/α-hetero) is 1. The Morgan fingerprint density at radius 2 is 1.22 bits per heavy atom. The minimum Gasteiger partial charge on any atom is -0.366 e. The van der Waals surface area contributed by atoms with E-state index in [4.69, 9.17) is 5.73 Å². The molecule has 7 heterocycles. The van der Waals surface area contributed by atoms with E-state index in [2.05, 4.69) is 66.6 Å². The summed E-state index contributed by atoms with van der Waals surface area (Å²) < 4.78 is 29.6. The highest BCUT2D eigenvalue weighted by molar-refractivity contribution is 9.09. The Hall–Kier alpha value is -6.05. The third kappa shape index (κ3) is 10.6. The zero-order valence-corrected chi connectivity index (χ0v) is 34.7. The predicted molar refractivity (Wildman–Crippen MR) is 227 cm³/mol. The smallest absolute Gasteiger partial charge is 0.321 e. The Morgan fingerprint density at radius 3 is 1.78 bits per heavy atom. The van der Waals surface area contributed by atoms with Gasteiger partial charge in [-0.25, -0.2) is 37.8 Å². The van der Waals surface area contributed by atoms with Crippen molar-refractivity contribution in [3.8, 4) is 11.3 Å². The van der Waals surface area contributed by atoms with E-state index in [1.54, 1.807) is 45.0 Å². The van der Waals surface area contributed by atoms with Crippen LogP contribution in [0, 0.1) is 11.6 Å². The third-order valence-electron chi connectivity index (χ3n) is 10.5. The molecule has 17 nitrogen and oxygen atoms in total. The van der Waals surface area contributed by atoms with Gasteiger partial charge in [0, 0.05) is 69.3 Å². The van der Waals surface area contributed by atoms with Gasteiger partial charge in [-0.15, -0.1) is 15.3 Å². The number of aromatic nitrogens is 7. The van der Waals surface area contributed by atoms with E-state index in [1.807, 2.05) is 0 Å². The summed E-state index contributed by atoms with van der Waals surface area (Å²) in [5.74, 6) is 0.935. The molecule has 4 aliphatic heterocycles. The second-order valence-electron chi connectivity index (χ2n) is 14.7. The first-order valence-electron chi connectivity index (χ1n) is 20.1. The van der Waals surface area contributed by atoms with E-state index in [0.717, 1.165) is 103 Å². The van der Waals surface area contributed by atoms with Gasteiger partial charge in [-0.1, -0.05) is 15.9 Å². The lowest BCUT2D eigenvalue weighted by Crippen LogP contribution is -2.32. The standard InChI is InChI=1S/C20H22FN7O.C13H14BrFN2O2.C7H11N5/c21-16-6-5-14(23-20(29)27-9-3-4-10-27)11-15(16)17-13-28-19(24-17)22-12-18(25-28)26-7-1-2-8-26;14-8-12(18)10-7-9(3-4-11(10)15)16-13(19)17-5-1-2-6-17;8-7-9-5-6(10-11-7)12-3-1-2-4-12/h5-6,11-13H,1-4,7-10H2,(H,23,29);3-4,7H,1-2,5-6,8H2,(H,16,19);5H,1-4H2,(H2,8,9,11). The number of carbonyl (C=O) groups excluding carboxylic acids is 3. The highest BCUT2D eigenvalue weighted by atomic mass is 79.9. The van der Waals surface area contributed by atoms with Crippen LogP contribution < -0.4 is 26.2 Å². The summed E-state index contributed by atoms with van der Waals surface area (Å²) in [7, 11) is 0. The molecule has 0 radical (unpaired) electrons. The van der Waals surface area contributed by atoms with Gasteiger partial charge in [-0.3, -0.25) is 4.79 Å². The Labute approximate surface area is 353 Å². The van der Waals surface area contributed by atoms with Crippen LogP contribution in [-0.2, 0) is 0 Å². The fourth-order valence-corrected chi connectivity index (χ4v) is 7.60. The van der Waals surface area contributed by atoms with E-state index >= 15 is 0 Å². The maximum atomic E-state index is 14.5. The summed E-state index contributed by atoms with van der Waals surface area (Å²) in [6.07, 6.45) is 13.9. The van der Waals surface area contributed by atoms with Crippen LogP contribution in [0.3, 0.4) is 0 Å². The van der Waals surface area contributed by atoms with Crippen molar-refractivity contribution in [3.63, 3.8) is 0 Å². The van der Waals surface area contributed by atoms with Crippen LogP contribution in [0.2, 0.25) is 0 Å². The van der Waals surface area contributed by atoms with Crippen LogP contribution in [-0.4, -0.2) is 120 Å². The summed E-state index contributed by atoms with van der Waals surface area (Å²) in [6, 6.07) is 8.15. The van der Waals surface area contributed by atoms with Crippen molar-refractivity contribution in [2.75, 3.05) is 83.9 Å². The average Bonchev–Trinajstić information content (AvgIpc) is 4.12. The fourth-order valence-electron chi connectivity index (χ4n) is 7.30. The lowest BCUT2D eigenvalue weighted by atomic mass is 10.1.